The number of anilines is 2. The summed E-state index contributed by atoms with van der Waals surface area (Å²) in [5.41, 5.74) is 5.79. The minimum atomic E-state index is 0.127. The highest BCUT2D eigenvalue weighted by Gasteiger charge is 2.07. The topological polar surface area (TPSA) is 67.1 Å². The van der Waals surface area contributed by atoms with E-state index in [4.69, 9.17) is 5.73 Å². The zero-order valence-corrected chi connectivity index (χ0v) is 11.2. The lowest BCUT2D eigenvalue weighted by Gasteiger charge is -2.21. The minimum Gasteiger partial charge on any atom is -0.370 e. The van der Waals surface area contributed by atoms with Gasteiger partial charge in [-0.2, -0.15) is 0 Å². The van der Waals surface area contributed by atoms with Crippen molar-refractivity contribution < 1.29 is 0 Å². The summed E-state index contributed by atoms with van der Waals surface area (Å²) in [7, 11) is 1.99. The Kier molecular flexibility index (Phi) is 5.15. The maximum absolute atomic E-state index is 5.79. The van der Waals surface area contributed by atoms with E-state index in [2.05, 4.69) is 27.1 Å². The van der Waals surface area contributed by atoms with Gasteiger partial charge in [0.15, 0.2) is 0 Å². The fraction of sp³-hybridized carbons (Fsp3) is 0.667. The van der Waals surface area contributed by atoms with E-state index in [1.54, 1.807) is 0 Å². The Labute approximate surface area is 103 Å². The SMILES string of the molecule is CCCNc1cc(N(C)CC(C)N)nc(C)n1. The third-order valence-electron chi connectivity index (χ3n) is 2.33. The minimum absolute atomic E-state index is 0.127. The molecule has 0 amide bonds. The van der Waals surface area contributed by atoms with Crippen LogP contribution in [-0.4, -0.2) is 36.1 Å². The summed E-state index contributed by atoms with van der Waals surface area (Å²) < 4.78 is 0. The molecule has 17 heavy (non-hydrogen) atoms. The number of aromatic nitrogens is 2. The Bertz CT molecular complexity index is 351. The van der Waals surface area contributed by atoms with E-state index in [9.17, 15) is 0 Å². The van der Waals surface area contributed by atoms with Crippen molar-refractivity contribution in [1.29, 1.82) is 0 Å². The smallest absolute Gasteiger partial charge is 0.134 e. The van der Waals surface area contributed by atoms with Crippen molar-refractivity contribution in [3.8, 4) is 0 Å². The molecule has 1 atom stereocenters. The maximum Gasteiger partial charge on any atom is 0.134 e. The molecule has 0 saturated heterocycles. The first kappa shape index (κ1) is 13.7. The molecule has 1 unspecified atom stereocenters. The average Bonchev–Trinajstić information content (AvgIpc) is 2.24. The van der Waals surface area contributed by atoms with Gasteiger partial charge < -0.3 is 16.0 Å². The number of aryl methyl sites for hydroxylation is 1. The molecule has 0 aromatic carbocycles. The van der Waals surface area contributed by atoms with Crippen LogP contribution in [-0.2, 0) is 0 Å². The lowest BCUT2D eigenvalue weighted by Crippen LogP contribution is -2.33. The van der Waals surface area contributed by atoms with Crippen LogP contribution < -0.4 is 16.0 Å². The predicted octanol–water partition coefficient (Wildman–Crippen LogP) is 1.39. The van der Waals surface area contributed by atoms with Gasteiger partial charge in [-0.1, -0.05) is 6.92 Å². The number of nitrogens with one attached hydrogen (secondary N) is 1. The van der Waals surface area contributed by atoms with Crippen LogP contribution in [0.25, 0.3) is 0 Å². The van der Waals surface area contributed by atoms with E-state index in [1.165, 1.54) is 0 Å². The standard InChI is InChI=1S/C12H23N5/c1-5-6-14-11-7-12(16-10(3)15-11)17(4)8-9(2)13/h7,9H,5-6,8,13H2,1-4H3,(H,14,15,16). The van der Waals surface area contributed by atoms with Crippen molar-refractivity contribution in [3.05, 3.63) is 11.9 Å². The van der Waals surface area contributed by atoms with Gasteiger partial charge in [0.25, 0.3) is 0 Å². The van der Waals surface area contributed by atoms with E-state index in [0.29, 0.717) is 0 Å². The number of nitrogens with two attached hydrogens (primary N) is 1. The first-order chi connectivity index (χ1) is 8.02. The second-order valence-corrected chi connectivity index (χ2v) is 4.44. The molecule has 5 nitrogen and oxygen atoms in total. The van der Waals surface area contributed by atoms with Crippen LogP contribution in [0.1, 0.15) is 26.1 Å². The van der Waals surface area contributed by atoms with Crippen molar-refractivity contribution in [3.63, 3.8) is 0 Å². The van der Waals surface area contributed by atoms with Crippen molar-refractivity contribution in [2.24, 2.45) is 5.73 Å². The monoisotopic (exact) mass is 237 g/mol. The molecule has 1 rings (SSSR count). The van der Waals surface area contributed by atoms with Crippen LogP contribution in [0.3, 0.4) is 0 Å². The second kappa shape index (κ2) is 6.39. The Balaban J connectivity index is 2.80. The molecule has 3 N–H and O–H groups in total. The number of likely N-dealkylation sites (N-methyl/N-ethyl adjacent to an activating group) is 1. The molecule has 1 aromatic heterocycles. The zero-order chi connectivity index (χ0) is 12.8. The van der Waals surface area contributed by atoms with Crippen molar-refractivity contribution in [1.82, 2.24) is 9.97 Å². The van der Waals surface area contributed by atoms with Crippen LogP contribution in [0.5, 0.6) is 0 Å². The highest BCUT2D eigenvalue weighted by atomic mass is 15.2. The van der Waals surface area contributed by atoms with Crippen LogP contribution in [0.15, 0.2) is 6.07 Å². The first-order valence-corrected chi connectivity index (χ1v) is 6.09. The summed E-state index contributed by atoms with van der Waals surface area (Å²) in [6.45, 7) is 7.72. The van der Waals surface area contributed by atoms with Gasteiger partial charge in [0.2, 0.25) is 0 Å². The van der Waals surface area contributed by atoms with E-state index < -0.39 is 0 Å². The summed E-state index contributed by atoms with van der Waals surface area (Å²) in [6.07, 6.45) is 1.08. The third-order valence-corrected chi connectivity index (χ3v) is 2.33. The normalized spacial score (nSPS) is 12.3. The maximum atomic E-state index is 5.79. The zero-order valence-electron chi connectivity index (χ0n) is 11.2. The highest BCUT2D eigenvalue weighted by molar-refractivity contribution is 5.49. The van der Waals surface area contributed by atoms with Gasteiger partial charge in [0, 0.05) is 32.2 Å². The number of hydrogen-bond acceptors (Lipinski definition) is 5. The molecule has 0 aliphatic rings. The van der Waals surface area contributed by atoms with Gasteiger partial charge in [0.1, 0.15) is 17.5 Å². The molecule has 0 bridgehead atoms. The Morgan fingerprint density at radius 1 is 1.47 bits per heavy atom. The summed E-state index contributed by atoms with van der Waals surface area (Å²) in [6, 6.07) is 2.09. The van der Waals surface area contributed by atoms with E-state index in [-0.39, 0.29) is 6.04 Å². The molecule has 0 fully saturated rings. The lowest BCUT2D eigenvalue weighted by molar-refractivity contribution is 0.710. The third kappa shape index (κ3) is 4.56. The summed E-state index contributed by atoms with van der Waals surface area (Å²) in [4.78, 5) is 10.8. The molecule has 0 saturated carbocycles. The van der Waals surface area contributed by atoms with Gasteiger partial charge in [-0.25, -0.2) is 9.97 Å². The van der Waals surface area contributed by atoms with Gasteiger partial charge in [0.05, 0.1) is 0 Å². The summed E-state index contributed by atoms with van der Waals surface area (Å²) in [5.74, 6) is 2.57. The first-order valence-electron chi connectivity index (χ1n) is 6.09. The predicted molar refractivity (Wildman–Crippen MR) is 72.5 cm³/mol. The fourth-order valence-electron chi connectivity index (χ4n) is 1.62. The van der Waals surface area contributed by atoms with Crippen molar-refractivity contribution >= 4 is 11.6 Å². The Hall–Kier alpha value is -1.36. The van der Waals surface area contributed by atoms with Gasteiger partial charge in [-0.15, -0.1) is 0 Å². The Morgan fingerprint density at radius 2 is 2.18 bits per heavy atom. The van der Waals surface area contributed by atoms with Crippen LogP contribution >= 0.6 is 0 Å². The molecular formula is C12H23N5. The van der Waals surface area contributed by atoms with Crippen molar-refractivity contribution in [2.45, 2.75) is 33.2 Å². The Morgan fingerprint density at radius 3 is 2.76 bits per heavy atom. The summed E-state index contributed by atoms with van der Waals surface area (Å²) in [5, 5.41) is 3.27. The largest absolute Gasteiger partial charge is 0.370 e. The molecule has 1 heterocycles. The van der Waals surface area contributed by atoms with Crippen molar-refractivity contribution in [2.75, 3.05) is 30.4 Å². The number of nitrogens with zero attached hydrogens (tertiary/aromatic N) is 3. The average molecular weight is 237 g/mol. The van der Waals surface area contributed by atoms with E-state index in [0.717, 1.165) is 37.0 Å². The molecule has 1 aromatic rings. The molecule has 0 radical (unpaired) electrons. The number of hydrogen-bond donors (Lipinski definition) is 2. The van der Waals surface area contributed by atoms with Gasteiger partial charge in [-0.05, 0) is 20.3 Å². The van der Waals surface area contributed by atoms with Crippen LogP contribution in [0, 0.1) is 6.92 Å². The second-order valence-electron chi connectivity index (χ2n) is 4.44. The van der Waals surface area contributed by atoms with E-state index in [1.807, 2.05) is 27.0 Å². The van der Waals surface area contributed by atoms with Gasteiger partial charge >= 0.3 is 0 Å². The lowest BCUT2D eigenvalue weighted by atomic mass is 10.3. The highest BCUT2D eigenvalue weighted by Crippen LogP contribution is 2.14. The van der Waals surface area contributed by atoms with E-state index >= 15 is 0 Å². The van der Waals surface area contributed by atoms with Crippen LogP contribution in [0.4, 0.5) is 11.6 Å². The molecule has 0 spiro atoms. The van der Waals surface area contributed by atoms with Crippen LogP contribution in [0.2, 0.25) is 0 Å². The van der Waals surface area contributed by atoms with Gasteiger partial charge in [-0.3, -0.25) is 0 Å². The number of rotatable bonds is 6. The fourth-order valence-corrected chi connectivity index (χ4v) is 1.62. The quantitative estimate of drug-likeness (QED) is 0.782. The molecule has 5 heteroatoms. The summed E-state index contributed by atoms with van der Waals surface area (Å²) >= 11 is 0. The molecular weight excluding hydrogens is 214 g/mol. The molecule has 0 aliphatic carbocycles. The molecule has 96 valence electrons. The molecule has 0 aliphatic heterocycles.